The molecule has 1 aliphatic rings. The van der Waals surface area contributed by atoms with Crippen molar-refractivity contribution in [3.63, 3.8) is 0 Å². The topological polar surface area (TPSA) is 49.8 Å². The van der Waals surface area contributed by atoms with Gasteiger partial charge in [0, 0.05) is 20.2 Å². The van der Waals surface area contributed by atoms with E-state index in [1.807, 2.05) is 6.92 Å². The predicted molar refractivity (Wildman–Crippen MR) is 77.4 cm³/mol. The number of hydrogen-bond donors (Lipinski definition) is 1. The van der Waals surface area contributed by atoms with Crippen LogP contribution in [0.1, 0.15) is 30.9 Å². The van der Waals surface area contributed by atoms with Crippen molar-refractivity contribution in [2.45, 2.75) is 32.9 Å². The molecule has 0 amide bonds. The van der Waals surface area contributed by atoms with Crippen LogP contribution in [0, 0.1) is 5.41 Å². The number of hydrogen-bond acceptors (Lipinski definition) is 3. The molecule has 1 fully saturated rings. The van der Waals surface area contributed by atoms with Crippen molar-refractivity contribution in [1.29, 1.82) is 0 Å². The summed E-state index contributed by atoms with van der Waals surface area (Å²) in [4.78, 5) is 13.6. The van der Waals surface area contributed by atoms with Gasteiger partial charge in [0.05, 0.1) is 12.0 Å². The highest BCUT2D eigenvalue weighted by Gasteiger charge is 2.37. The first-order chi connectivity index (χ1) is 9.53. The third-order valence-corrected chi connectivity index (χ3v) is 4.03. The van der Waals surface area contributed by atoms with Crippen molar-refractivity contribution in [1.82, 2.24) is 4.90 Å². The fourth-order valence-corrected chi connectivity index (χ4v) is 2.82. The second kappa shape index (κ2) is 6.37. The van der Waals surface area contributed by atoms with Gasteiger partial charge in [-0.2, -0.15) is 0 Å². The molecular formula is C16H23NO3. The molecule has 1 N–H and O–H groups in total. The highest BCUT2D eigenvalue weighted by Crippen LogP contribution is 2.30. The van der Waals surface area contributed by atoms with Gasteiger partial charge >= 0.3 is 5.97 Å². The Balaban J connectivity index is 1.97. The zero-order valence-electron chi connectivity index (χ0n) is 12.3. The molecule has 2 rings (SSSR count). The first-order valence-electron chi connectivity index (χ1n) is 7.06. The Labute approximate surface area is 120 Å². The molecule has 0 spiro atoms. The number of rotatable bonds is 5. The number of carbonyl (C=O) groups is 1. The standard InChI is InChI=1S/C16H23NO3/c1-16(15(18)19)8-3-9-17(12-16)10-13-4-6-14(7-5-13)11-20-2/h4-7H,3,8-12H2,1-2H3,(H,18,19). The van der Waals surface area contributed by atoms with Gasteiger partial charge in [-0.3, -0.25) is 9.69 Å². The number of methoxy groups -OCH3 is 1. The van der Waals surface area contributed by atoms with Crippen LogP contribution in [0.3, 0.4) is 0 Å². The second-order valence-corrected chi connectivity index (χ2v) is 5.93. The van der Waals surface area contributed by atoms with Crippen molar-refractivity contribution in [3.8, 4) is 0 Å². The van der Waals surface area contributed by atoms with Gasteiger partial charge in [-0.15, -0.1) is 0 Å². The van der Waals surface area contributed by atoms with Crippen molar-refractivity contribution < 1.29 is 14.6 Å². The van der Waals surface area contributed by atoms with E-state index in [1.54, 1.807) is 7.11 Å². The SMILES string of the molecule is COCc1ccc(CN2CCCC(C)(C(=O)O)C2)cc1. The molecule has 1 aliphatic heterocycles. The van der Waals surface area contributed by atoms with Crippen molar-refractivity contribution >= 4 is 5.97 Å². The summed E-state index contributed by atoms with van der Waals surface area (Å²) in [5.41, 5.74) is 1.78. The van der Waals surface area contributed by atoms with Crippen molar-refractivity contribution in [2.75, 3.05) is 20.2 Å². The number of benzene rings is 1. The fourth-order valence-electron chi connectivity index (χ4n) is 2.82. The van der Waals surface area contributed by atoms with Gasteiger partial charge in [0.25, 0.3) is 0 Å². The Kier molecular flexibility index (Phi) is 4.78. The molecular weight excluding hydrogens is 254 g/mol. The lowest BCUT2D eigenvalue weighted by atomic mass is 9.82. The Morgan fingerprint density at radius 1 is 1.35 bits per heavy atom. The van der Waals surface area contributed by atoms with E-state index in [-0.39, 0.29) is 0 Å². The maximum Gasteiger partial charge on any atom is 0.310 e. The molecule has 0 aliphatic carbocycles. The minimum absolute atomic E-state index is 0.603. The number of ether oxygens (including phenoxy) is 1. The van der Waals surface area contributed by atoms with E-state index in [0.717, 1.165) is 31.5 Å². The van der Waals surface area contributed by atoms with E-state index >= 15 is 0 Å². The van der Waals surface area contributed by atoms with Gasteiger partial charge < -0.3 is 9.84 Å². The van der Waals surface area contributed by atoms with E-state index in [2.05, 4.69) is 29.2 Å². The van der Waals surface area contributed by atoms with Gasteiger partial charge in [-0.25, -0.2) is 0 Å². The highest BCUT2D eigenvalue weighted by atomic mass is 16.5. The van der Waals surface area contributed by atoms with Crippen LogP contribution in [-0.2, 0) is 22.7 Å². The molecule has 1 atom stereocenters. The van der Waals surface area contributed by atoms with Crippen LogP contribution in [0.5, 0.6) is 0 Å². The molecule has 110 valence electrons. The first-order valence-corrected chi connectivity index (χ1v) is 7.06. The average Bonchev–Trinajstić information content (AvgIpc) is 2.41. The molecule has 4 heteroatoms. The molecule has 4 nitrogen and oxygen atoms in total. The Morgan fingerprint density at radius 2 is 2.00 bits per heavy atom. The predicted octanol–water partition coefficient (Wildman–Crippen LogP) is 2.52. The summed E-state index contributed by atoms with van der Waals surface area (Å²) in [6, 6.07) is 8.33. The summed E-state index contributed by atoms with van der Waals surface area (Å²) in [6.07, 6.45) is 1.72. The van der Waals surface area contributed by atoms with E-state index in [1.165, 1.54) is 5.56 Å². The van der Waals surface area contributed by atoms with Gasteiger partial charge in [-0.05, 0) is 37.4 Å². The third-order valence-electron chi connectivity index (χ3n) is 4.03. The van der Waals surface area contributed by atoms with Crippen LogP contribution in [0.25, 0.3) is 0 Å². The molecule has 1 aromatic rings. The minimum Gasteiger partial charge on any atom is -0.481 e. The summed E-state index contributed by atoms with van der Waals surface area (Å²) in [5, 5.41) is 9.34. The monoisotopic (exact) mass is 277 g/mol. The van der Waals surface area contributed by atoms with Crippen molar-refractivity contribution in [3.05, 3.63) is 35.4 Å². The molecule has 1 unspecified atom stereocenters. The number of carboxylic acids is 1. The second-order valence-electron chi connectivity index (χ2n) is 5.93. The third kappa shape index (κ3) is 3.58. The maximum absolute atomic E-state index is 11.4. The number of aliphatic carboxylic acids is 1. The zero-order chi connectivity index (χ0) is 14.6. The fraction of sp³-hybridized carbons (Fsp3) is 0.562. The van der Waals surface area contributed by atoms with E-state index < -0.39 is 11.4 Å². The lowest BCUT2D eigenvalue weighted by Gasteiger charge is -2.37. The lowest BCUT2D eigenvalue weighted by Crippen LogP contribution is -2.45. The van der Waals surface area contributed by atoms with E-state index in [4.69, 9.17) is 4.74 Å². The van der Waals surface area contributed by atoms with Crippen LogP contribution in [-0.4, -0.2) is 36.2 Å². The van der Waals surface area contributed by atoms with Gasteiger partial charge in [0.15, 0.2) is 0 Å². The number of likely N-dealkylation sites (tertiary alicyclic amines) is 1. The van der Waals surface area contributed by atoms with Crippen LogP contribution in [0.2, 0.25) is 0 Å². The summed E-state index contributed by atoms with van der Waals surface area (Å²) < 4.78 is 5.10. The zero-order valence-corrected chi connectivity index (χ0v) is 12.3. The van der Waals surface area contributed by atoms with E-state index in [9.17, 15) is 9.90 Å². The molecule has 0 bridgehead atoms. The molecule has 0 saturated carbocycles. The van der Waals surface area contributed by atoms with Crippen LogP contribution < -0.4 is 0 Å². The summed E-state index contributed by atoms with van der Waals surface area (Å²) >= 11 is 0. The molecule has 1 saturated heterocycles. The molecule has 20 heavy (non-hydrogen) atoms. The number of nitrogens with zero attached hydrogens (tertiary/aromatic N) is 1. The van der Waals surface area contributed by atoms with Crippen LogP contribution in [0.4, 0.5) is 0 Å². The quantitative estimate of drug-likeness (QED) is 0.898. The first kappa shape index (κ1) is 15.0. The maximum atomic E-state index is 11.4. The van der Waals surface area contributed by atoms with Gasteiger partial charge in [-0.1, -0.05) is 24.3 Å². The lowest BCUT2D eigenvalue weighted by molar-refractivity contribution is -0.151. The summed E-state index contributed by atoms with van der Waals surface area (Å²) in [7, 11) is 1.69. The minimum atomic E-state index is -0.683. The molecule has 0 aromatic heterocycles. The summed E-state index contributed by atoms with van der Waals surface area (Å²) in [5.74, 6) is -0.683. The normalized spacial score (nSPS) is 23.7. The average molecular weight is 277 g/mol. The van der Waals surface area contributed by atoms with E-state index in [0.29, 0.717) is 13.2 Å². The van der Waals surface area contributed by atoms with Crippen LogP contribution in [0.15, 0.2) is 24.3 Å². The Morgan fingerprint density at radius 3 is 2.60 bits per heavy atom. The molecule has 0 radical (unpaired) electrons. The smallest absolute Gasteiger partial charge is 0.310 e. The van der Waals surface area contributed by atoms with Gasteiger partial charge in [0.1, 0.15) is 0 Å². The summed E-state index contributed by atoms with van der Waals surface area (Å²) in [6.45, 7) is 4.89. The van der Waals surface area contributed by atoms with Crippen molar-refractivity contribution in [2.24, 2.45) is 5.41 Å². The number of carboxylic acid groups (broad SMARTS) is 1. The molecule has 1 heterocycles. The highest BCUT2D eigenvalue weighted by molar-refractivity contribution is 5.74. The Bertz CT molecular complexity index is 457. The molecule has 1 aromatic carbocycles. The largest absolute Gasteiger partial charge is 0.481 e. The van der Waals surface area contributed by atoms with Crippen LogP contribution >= 0.6 is 0 Å². The Hall–Kier alpha value is -1.39. The number of piperidine rings is 1. The van der Waals surface area contributed by atoms with Gasteiger partial charge in [0.2, 0.25) is 0 Å².